The van der Waals surface area contributed by atoms with Gasteiger partial charge in [-0.2, -0.15) is 18.3 Å². The Labute approximate surface area is 106 Å². The van der Waals surface area contributed by atoms with Crippen molar-refractivity contribution in [3.8, 4) is 5.69 Å². The second kappa shape index (κ2) is 3.99. The minimum atomic E-state index is -4.34. The molecule has 0 atom stereocenters. The molecule has 2 heterocycles. The molecule has 19 heavy (non-hydrogen) atoms. The molecule has 1 aliphatic rings. The minimum absolute atomic E-state index is 0.382. The number of alkyl halides is 3. The first-order valence-electron chi connectivity index (χ1n) is 5.58. The largest absolute Gasteiger partial charge is 0.416 e. The number of fused-ring (bicyclic) bond motifs is 1. The van der Waals surface area contributed by atoms with Gasteiger partial charge in [0.2, 0.25) is 0 Å². The van der Waals surface area contributed by atoms with Gasteiger partial charge in [-0.25, -0.2) is 4.68 Å². The molecule has 4 nitrogen and oxygen atoms in total. The average Bonchev–Trinajstić information content (AvgIpc) is 2.92. The maximum Gasteiger partial charge on any atom is 0.416 e. The Bertz CT molecular complexity index is 616. The zero-order valence-corrected chi connectivity index (χ0v) is 9.74. The van der Waals surface area contributed by atoms with E-state index in [1.807, 2.05) is 0 Å². The molecule has 2 N–H and O–H groups in total. The van der Waals surface area contributed by atoms with Gasteiger partial charge in [-0.3, -0.25) is 0 Å². The number of ether oxygens (including phenoxy) is 1. The molecule has 0 radical (unpaired) electrons. The first kappa shape index (κ1) is 12.0. The number of rotatable bonds is 1. The topological polar surface area (TPSA) is 53.1 Å². The van der Waals surface area contributed by atoms with Gasteiger partial charge in [-0.15, -0.1) is 0 Å². The van der Waals surface area contributed by atoms with Gasteiger partial charge in [0.25, 0.3) is 0 Å². The lowest BCUT2D eigenvalue weighted by Crippen LogP contribution is -2.07. The lowest BCUT2D eigenvalue weighted by atomic mass is 10.2. The Morgan fingerprint density at radius 1 is 1.16 bits per heavy atom. The van der Waals surface area contributed by atoms with E-state index < -0.39 is 11.7 Å². The molecule has 0 unspecified atom stereocenters. The number of nitrogens with zero attached hydrogens (tertiary/aromatic N) is 2. The summed E-state index contributed by atoms with van der Waals surface area (Å²) >= 11 is 0. The van der Waals surface area contributed by atoms with Gasteiger partial charge in [-0.05, 0) is 24.3 Å². The van der Waals surface area contributed by atoms with Crippen LogP contribution < -0.4 is 5.73 Å². The zero-order valence-electron chi connectivity index (χ0n) is 9.74. The Morgan fingerprint density at radius 3 is 2.42 bits per heavy atom. The highest BCUT2D eigenvalue weighted by molar-refractivity contribution is 5.51. The van der Waals surface area contributed by atoms with E-state index in [0.29, 0.717) is 24.7 Å². The van der Waals surface area contributed by atoms with Crippen molar-refractivity contribution in [1.82, 2.24) is 9.78 Å². The normalized spacial score (nSPS) is 14.7. The maximum atomic E-state index is 12.5. The molecule has 0 amide bonds. The third-order valence-corrected chi connectivity index (χ3v) is 3.03. The molecule has 0 fully saturated rings. The van der Waals surface area contributed by atoms with Crippen molar-refractivity contribution >= 4 is 5.82 Å². The van der Waals surface area contributed by atoms with Gasteiger partial charge in [0.15, 0.2) is 0 Å². The number of nitrogens with two attached hydrogens (primary N) is 1. The van der Waals surface area contributed by atoms with Gasteiger partial charge in [0.1, 0.15) is 5.82 Å². The monoisotopic (exact) mass is 269 g/mol. The van der Waals surface area contributed by atoms with Crippen LogP contribution in [0.3, 0.4) is 0 Å². The van der Waals surface area contributed by atoms with Crippen molar-refractivity contribution in [2.45, 2.75) is 19.4 Å². The molecule has 1 aromatic heterocycles. The summed E-state index contributed by atoms with van der Waals surface area (Å²) in [7, 11) is 0. The summed E-state index contributed by atoms with van der Waals surface area (Å²) < 4.78 is 44.0. The zero-order chi connectivity index (χ0) is 13.6. The van der Waals surface area contributed by atoms with Crippen LogP contribution in [0.15, 0.2) is 24.3 Å². The van der Waals surface area contributed by atoms with Crippen LogP contribution in [0.5, 0.6) is 0 Å². The second-order valence-electron chi connectivity index (χ2n) is 4.26. The van der Waals surface area contributed by atoms with Crippen LogP contribution in [-0.4, -0.2) is 9.78 Å². The first-order valence-corrected chi connectivity index (χ1v) is 5.58. The van der Waals surface area contributed by atoms with Crippen molar-refractivity contribution in [3.05, 3.63) is 41.1 Å². The third-order valence-electron chi connectivity index (χ3n) is 3.03. The van der Waals surface area contributed by atoms with E-state index in [2.05, 4.69) is 5.10 Å². The van der Waals surface area contributed by atoms with Gasteiger partial charge in [-0.1, -0.05) is 0 Å². The molecule has 0 bridgehead atoms. The summed E-state index contributed by atoms with van der Waals surface area (Å²) in [5.74, 6) is 0.409. The third kappa shape index (κ3) is 1.95. The lowest BCUT2D eigenvalue weighted by Gasteiger charge is -2.09. The molecule has 0 saturated carbocycles. The van der Waals surface area contributed by atoms with Crippen molar-refractivity contribution in [1.29, 1.82) is 0 Å². The summed E-state index contributed by atoms with van der Waals surface area (Å²) in [4.78, 5) is 0. The Morgan fingerprint density at radius 2 is 1.84 bits per heavy atom. The van der Waals surface area contributed by atoms with E-state index in [1.165, 1.54) is 16.8 Å². The smallest absolute Gasteiger partial charge is 0.383 e. The van der Waals surface area contributed by atoms with E-state index >= 15 is 0 Å². The van der Waals surface area contributed by atoms with E-state index in [9.17, 15) is 13.2 Å². The molecule has 100 valence electrons. The SMILES string of the molecule is Nc1c2c(nn1-c1ccc(C(F)(F)F)cc1)COC2. The molecule has 7 heteroatoms. The molecule has 3 rings (SSSR count). The van der Waals surface area contributed by atoms with E-state index in [-0.39, 0.29) is 0 Å². The van der Waals surface area contributed by atoms with Gasteiger partial charge in [0.05, 0.1) is 30.2 Å². The average molecular weight is 269 g/mol. The highest BCUT2D eigenvalue weighted by Crippen LogP contribution is 2.31. The van der Waals surface area contributed by atoms with Crippen molar-refractivity contribution < 1.29 is 17.9 Å². The summed E-state index contributed by atoms with van der Waals surface area (Å²) in [5, 5.41) is 4.24. The van der Waals surface area contributed by atoms with Crippen LogP contribution >= 0.6 is 0 Å². The molecular formula is C12H10F3N3O. The fourth-order valence-corrected chi connectivity index (χ4v) is 2.02. The predicted molar refractivity (Wildman–Crippen MR) is 61.5 cm³/mol. The molecule has 0 saturated heterocycles. The van der Waals surface area contributed by atoms with Gasteiger partial charge in [0, 0.05) is 5.56 Å². The van der Waals surface area contributed by atoms with Crippen LogP contribution in [0.4, 0.5) is 19.0 Å². The van der Waals surface area contributed by atoms with Gasteiger partial charge >= 0.3 is 6.18 Å². The fraction of sp³-hybridized carbons (Fsp3) is 0.250. The standard InChI is InChI=1S/C12H10F3N3O/c13-12(14,15)7-1-3-8(4-2-7)18-11(16)9-5-19-6-10(9)17-18/h1-4H,5-6,16H2. The Kier molecular flexibility index (Phi) is 2.53. The van der Waals surface area contributed by atoms with Crippen LogP contribution in [0.1, 0.15) is 16.8 Å². The van der Waals surface area contributed by atoms with Gasteiger partial charge < -0.3 is 10.5 Å². The van der Waals surface area contributed by atoms with E-state index in [4.69, 9.17) is 10.5 Å². The van der Waals surface area contributed by atoms with E-state index in [1.54, 1.807) is 0 Å². The molecule has 1 aliphatic heterocycles. The number of aromatic nitrogens is 2. The number of anilines is 1. The maximum absolute atomic E-state index is 12.5. The summed E-state index contributed by atoms with van der Waals surface area (Å²) in [6.07, 6.45) is -4.34. The highest BCUT2D eigenvalue weighted by Gasteiger charge is 2.30. The molecule has 2 aromatic rings. The van der Waals surface area contributed by atoms with Crippen LogP contribution in [0.25, 0.3) is 5.69 Å². The molecule has 1 aromatic carbocycles. The quantitative estimate of drug-likeness (QED) is 0.865. The number of nitrogen functional groups attached to an aromatic ring is 1. The predicted octanol–water partition coefficient (Wildman–Crippen LogP) is 2.50. The summed E-state index contributed by atoms with van der Waals surface area (Å²) in [6.45, 7) is 0.773. The Hall–Kier alpha value is -2.02. The number of benzene rings is 1. The molecular weight excluding hydrogens is 259 g/mol. The van der Waals surface area contributed by atoms with Crippen molar-refractivity contribution in [2.75, 3.05) is 5.73 Å². The van der Waals surface area contributed by atoms with Crippen LogP contribution in [0, 0.1) is 0 Å². The summed E-state index contributed by atoms with van der Waals surface area (Å²) in [5.41, 5.74) is 7.25. The van der Waals surface area contributed by atoms with Crippen LogP contribution in [0.2, 0.25) is 0 Å². The number of hydrogen-bond acceptors (Lipinski definition) is 3. The highest BCUT2D eigenvalue weighted by atomic mass is 19.4. The second-order valence-corrected chi connectivity index (χ2v) is 4.26. The fourth-order valence-electron chi connectivity index (χ4n) is 2.02. The number of hydrogen-bond donors (Lipinski definition) is 1. The summed E-state index contributed by atoms with van der Waals surface area (Å²) in [6, 6.07) is 4.72. The first-order chi connectivity index (χ1) is 8.97. The number of halogens is 3. The molecule has 0 aliphatic carbocycles. The van der Waals surface area contributed by atoms with Crippen molar-refractivity contribution in [3.63, 3.8) is 0 Å². The molecule has 0 spiro atoms. The van der Waals surface area contributed by atoms with Crippen LogP contribution in [-0.2, 0) is 24.1 Å². The lowest BCUT2D eigenvalue weighted by molar-refractivity contribution is -0.137. The Balaban J connectivity index is 1.99. The minimum Gasteiger partial charge on any atom is -0.383 e. The van der Waals surface area contributed by atoms with E-state index in [0.717, 1.165) is 23.4 Å². The van der Waals surface area contributed by atoms with Crippen molar-refractivity contribution in [2.24, 2.45) is 0 Å².